The minimum Gasteiger partial charge on any atom is -0.293 e. The van der Waals surface area contributed by atoms with Crippen LogP contribution in [-0.2, 0) is 13.5 Å². The third-order valence-corrected chi connectivity index (χ3v) is 5.62. The molecule has 0 aromatic carbocycles. The van der Waals surface area contributed by atoms with Gasteiger partial charge in [0.2, 0.25) is 0 Å². The van der Waals surface area contributed by atoms with E-state index in [0.29, 0.717) is 6.42 Å². The predicted molar refractivity (Wildman–Crippen MR) is 75.6 cm³/mol. The molecular formula is C11H10Br2N2OS. The van der Waals surface area contributed by atoms with E-state index in [0.717, 1.165) is 25.1 Å². The Morgan fingerprint density at radius 1 is 1.53 bits per heavy atom. The maximum atomic E-state index is 11.9. The Morgan fingerprint density at radius 2 is 2.29 bits per heavy atom. The number of hydrogen-bond donors (Lipinski definition) is 0. The van der Waals surface area contributed by atoms with Crippen molar-refractivity contribution in [1.29, 1.82) is 0 Å². The number of carbonyl (C=O) groups excluding carboxylic acids is 1. The van der Waals surface area contributed by atoms with Gasteiger partial charge in [-0.3, -0.25) is 9.48 Å². The summed E-state index contributed by atoms with van der Waals surface area (Å²) in [6, 6.07) is 1.86. The lowest BCUT2D eigenvalue weighted by molar-refractivity contribution is 0.0986. The summed E-state index contributed by atoms with van der Waals surface area (Å²) in [5.74, 6) is 0.172. The Morgan fingerprint density at radius 3 is 2.82 bits per heavy atom. The monoisotopic (exact) mass is 376 g/mol. The van der Waals surface area contributed by atoms with Gasteiger partial charge in [-0.05, 0) is 49.9 Å². The summed E-state index contributed by atoms with van der Waals surface area (Å²) < 4.78 is 3.65. The summed E-state index contributed by atoms with van der Waals surface area (Å²) in [5.41, 5.74) is 1.09. The number of aromatic nitrogens is 2. The average Bonchev–Trinajstić information content (AvgIpc) is 2.83. The van der Waals surface area contributed by atoms with E-state index in [1.165, 1.54) is 11.3 Å². The summed E-state index contributed by atoms with van der Waals surface area (Å²) in [5, 5.41) is 4.08. The maximum Gasteiger partial charge on any atom is 0.173 e. The van der Waals surface area contributed by atoms with Crippen molar-refractivity contribution in [2.24, 2.45) is 7.05 Å². The highest BCUT2D eigenvalue weighted by Gasteiger charge is 2.12. The van der Waals surface area contributed by atoms with Crippen LogP contribution < -0.4 is 0 Å². The van der Waals surface area contributed by atoms with Crippen LogP contribution in [0.3, 0.4) is 0 Å². The van der Waals surface area contributed by atoms with Gasteiger partial charge in [0.1, 0.15) is 0 Å². The molecule has 2 heterocycles. The lowest BCUT2D eigenvalue weighted by Gasteiger charge is -1.95. The molecule has 0 aliphatic carbocycles. The second-order valence-corrected chi connectivity index (χ2v) is 6.90. The van der Waals surface area contributed by atoms with Gasteiger partial charge in [-0.1, -0.05) is 0 Å². The topological polar surface area (TPSA) is 34.9 Å². The van der Waals surface area contributed by atoms with Crippen molar-refractivity contribution in [3.8, 4) is 0 Å². The third-order valence-electron chi connectivity index (χ3n) is 2.32. The molecule has 2 aromatic heterocycles. The zero-order valence-electron chi connectivity index (χ0n) is 9.11. The van der Waals surface area contributed by atoms with Gasteiger partial charge < -0.3 is 0 Å². The van der Waals surface area contributed by atoms with Crippen molar-refractivity contribution in [3.63, 3.8) is 0 Å². The van der Waals surface area contributed by atoms with Gasteiger partial charge in [0.25, 0.3) is 0 Å². The smallest absolute Gasteiger partial charge is 0.173 e. The first-order valence-corrected chi connectivity index (χ1v) is 7.42. The average molecular weight is 378 g/mol. The molecule has 6 heteroatoms. The normalized spacial score (nSPS) is 10.8. The fourth-order valence-electron chi connectivity index (χ4n) is 1.47. The predicted octanol–water partition coefficient (Wildman–Crippen LogP) is 3.82. The van der Waals surface area contributed by atoms with Gasteiger partial charge in [0, 0.05) is 24.1 Å². The molecule has 0 saturated heterocycles. The molecular weight excluding hydrogens is 368 g/mol. The zero-order valence-corrected chi connectivity index (χ0v) is 13.1. The molecule has 0 bridgehead atoms. The minimum atomic E-state index is 0.172. The number of carbonyl (C=O) groups is 1. The van der Waals surface area contributed by atoms with E-state index in [4.69, 9.17) is 0 Å². The molecule has 90 valence electrons. The Kier molecular flexibility index (Phi) is 4.17. The van der Waals surface area contributed by atoms with Crippen molar-refractivity contribution >= 4 is 49.0 Å². The number of thiophene rings is 1. The highest BCUT2D eigenvalue weighted by molar-refractivity contribution is 9.13. The Bertz CT molecular complexity index is 528. The minimum absolute atomic E-state index is 0.172. The fraction of sp³-hybridized carbons (Fsp3) is 0.273. The summed E-state index contributed by atoms with van der Waals surface area (Å²) in [6.07, 6.45) is 4.99. The number of nitrogens with zero attached hydrogens (tertiary/aromatic N) is 2. The lowest BCUT2D eigenvalue weighted by Crippen LogP contribution is -1.98. The molecule has 0 amide bonds. The van der Waals surface area contributed by atoms with Crippen molar-refractivity contribution in [1.82, 2.24) is 9.78 Å². The first-order valence-electron chi connectivity index (χ1n) is 5.02. The molecule has 0 fully saturated rings. The SMILES string of the molecule is Cn1cc(CCC(=O)c2cc(Br)c(Br)s2)cn1. The second-order valence-electron chi connectivity index (χ2n) is 3.68. The molecule has 0 radical (unpaired) electrons. The summed E-state index contributed by atoms with van der Waals surface area (Å²) in [7, 11) is 1.87. The first-order chi connectivity index (χ1) is 8.06. The molecule has 0 N–H and O–H groups in total. The van der Waals surface area contributed by atoms with E-state index in [9.17, 15) is 4.79 Å². The van der Waals surface area contributed by atoms with Gasteiger partial charge in [0.05, 0.1) is 14.9 Å². The van der Waals surface area contributed by atoms with E-state index in [1.807, 2.05) is 19.3 Å². The van der Waals surface area contributed by atoms with Crippen LogP contribution in [0.4, 0.5) is 0 Å². The van der Waals surface area contributed by atoms with Crippen LogP contribution in [0.5, 0.6) is 0 Å². The van der Waals surface area contributed by atoms with Crippen molar-refractivity contribution in [3.05, 3.63) is 37.2 Å². The molecule has 0 unspecified atom stereocenters. The lowest BCUT2D eigenvalue weighted by atomic mass is 10.1. The van der Waals surface area contributed by atoms with E-state index < -0.39 is 0 Å². The van der Waals surface area contributed by atoms with Crippen LogP contribution in [0.1, 0.15) is 21.7 Å². The summed E-state index contributed by atoms with van der Waals surface area (Å²) in [4.78, 5) is 12.7. The van der Waals surface area contributed by atoms with Crippen LogP contribution in [0, 0.1) is 0 Å². The van der Waals surface area contributed by atoms with Crippen molar-refractivity contribution in [2.45, 2.75) is 12.8 Å². The summed E-state index contributed by atoms with van der Waals surface area (Å²) in [6.45, 7) is 0. The standard InChI is InChI=1S/C11H10Br2N2OS/c1-15-6-7(5-14-15)2-3-9(16)10-4-8(12)11(13)17-10/h4-6H,2-3H2,1H3. The van der Waals surface area contributed by atoms with E-state index in [-0.39, 0.29) is 5.78 Å². The van der Waals surface area contributed by atoms with Gasteiger partial charge >= 0.3 is 0 Å². The van der Waals surface area contributed by atoms with Gasteiger partial charge in [0.15, 0.2) is 5.78 Å². The van der Waals surface area contributed by atoms with Crippen LogP contribution in [0.25, 0.3) is 0 Å². The maximum absolute atomic E-state index is 11.9. The van der Waals surface area contributed by atoms with Gasteiger partial charge in [-0.15, -0.1) is 11.3 Å². The number of ketones is 1. The molecule has 17 heavy (non-hydrogen) atoms. The van der Waals surface area contributed by atoms with Crippen molar-refractivity contribution < 1.29 is 4.79 Å². The molecule has 0 saturated carbocycles. The number of halogens is 2. The molecule has 0 spiro atoms. The number of hydrogen-bond acceptors (Lipinski definition) is 3. The number of aryl methyl sites for hydroxylation is 2. The number of Topliss-reactive ketones (excluding diaryl/α,β-unsaturated/α-hetero) is 1. The quantitative estimate of drug-likeness (QED) is 0.759. The largest absolute Gasteiger partial charge is 0.293 e. The molecule has 3 nitrogen and oxygen atoms in total. The Labute approximate surface area is 120 Å². The fourth-order valence-corrected chi connectivity index (χ4v) is 3.47. The van der Waals surface area contributed by atoms with Gasteiger partial charge in [-0.25, -0.2) is 0 Å². The van der Waals surface area contributed by atoms with E-state index in [1.54, 1.807) is 10.9 Å². The van der Waals surface area contributed by atoms with Crippen molar-refractivity contribution in [2.75, 3.05) is 0 Å². The highest BCUT2D eigenvalue weighted by atomic mass is 79.9. The van der Waals surface area contributed by atoms with Crippen LogP contribution in [0.2, 0.25) is 0 Å². The molecule has 0 aliphatic heterocycles. The van der Waals surface area contributed by atoms with Gasteiger partial charge in [-0.2, -0.15) is 5.10 Å². The molecule has 0 atom stereocenters. The second kappa shape index (κ2) is 5.46. The van der Waals surface area contributed by atoms with Crippen LogP contribution >= 0.6 is 43.2 Å². The number of rotatable bonds is 4. The molecule has 0 aliphatic rings. The third kappa shape index (κ3) is 3.26. The Balaban J connectivity index is 1.98. The van der Waals surface area contributed by atoms with E-state index in [2.05, 4.69) is 37.0 Å². The van der Waals surface area contributed by atoms with Crippen LogP contribution in [-0.4, -0.2) is 15.6 Å². The molecule has 2 rings (SSSR count). The highest BCUT2D eigenvalue weighted by Crippen LogP contribution is 2.33. The Hall–Kier alpha value is -0.460. The molecule has 2 aromatic rings. The summed E-state index contributed by atoms with van der Waals surface area (Å²) >= 11 is 8.23. The first kappa shape index (κ1) is 13.0. The zero-order chi connectivity index (χ0) is 12.4. The van der Waals surface area contributed by atoms with Crippen LogP contribution in [0.15, 0.2) is 26.7 Å². The van der Waals surface area contributed by atoms with E-state index >= 15 is 0 Å².